The largest absolute Gasteiger partial charge is 0.497 e. The van der Waals surface area contributed by atoms with E-state index in [-0.39, 0.29) is 18.2 Å². The second-order valence-electron chi connectivity index (χ2n) is 6.10. The fraction of sp³-hybridized carbons (Fsp3) is 0.333. The van der Waals surface area contributed by atoms with E-state index in [2.05, 4.69) is 5.32 Å². The standard InChI is InChI=1S/C21H26N2O3/c1-4-22-21(25)16(2)23(15-18-8-6-5-7-9-18)20(24)14-17-10-12-19(26-3)13-11-17/h5-13,16H,4,14-15H2,1-3H3,(H,22,25). The summed E-state index contributed by atoms with van der Waals surface area (Å²) in [6.07, 6.45) is 0.237. The maximum absolute atomic E-state index is 12.9. The van der Waals surface area contributed by atoms with Crippen molar-refractivity contribution in [2.75, 3.05) is 13.7 Å². The van der Waals surface area contributed by atoms with Gasteiger partial charge in [-0.25, -0.2) is 0 Å². The Morgan fingerprint density at radius 2 is 1.69 bits per heavy atom. The average molecular weight is 354 g/mol. The highest BCUT2D eigenvalue weighted by molar-refractivity contribution is 5.88. The van der Waals surface area contributed by atoms with Crippen LogP contribution in [0, 0.1) is 0 Å². The highest BCUT2D eigenvalue weighted by Gasteiger charge is 2.25. The van der Waals surface area contributed by atoms with Crippen molar-refractivity contribution in [3.05, 3.63) is 65.7 Å². The lowest BCUT2D eigenvalue weighted by molar-refractivity contribution is -0.140. The molecular formula is C21H26N2O3. The van der Waals surface area contributed by atoms with Gasteiger partial charge in [0.25, 0.3) is 0 Å². The third-order valence-electron chi connectivity index (χ3n) is 4.23. The van der Waals surface area contributed by atoms with Crippen LogP contribution < -0.4 is 10.1 Å². The van der Waals surface area contributed by atoms with Crippen LogP contribution in [0.5, 0.6) is 5.75 Å². The summed E-state index contributed by atoms with van der Waals surface area (Å²) in [5.74, 6) is 0.516. The molecule has 26 heavy (non-hydrogen) atoms. The third kappa shape index (κ3) is 5.34. The number of ether oxygens (including phenoxy) is 1. The Labute approximate surface area is 155 Å². The molecule has 0 spiro atoms. The Balaban J connectivity index is 2.17. The fourth-order valence-corrected chi connectivity index (χ4v) is 2.70. The van der Waals surface area contributed by atoms with E-state index in [9.17, 15) is 9.59 Å². The van der Waals surface area contributed by atoms with Crippen molar-refractivity contribution in [2.45, 2.75) is 32.9 Å². The summed E-state index contributed by atoms with van der Waals surface area (Å²) in [6, 6.07) is 16.6. The molecule has 0 radical (unpaired) electrons. The minimum absolute atomic E-state index is 0.0854. The molecule has 2 aromatic rings. The summed E-state index contributed by atoms with van der Waals surface area (Å²) in [5, 5.41) is 2.80. The molecule has 0 bridgehead atoms. The maximum Gasteiger partial charge on any atom is 0.242 e. The number of benzene rings is 2. The van der Waals surface area contributed by atoms with Gasteiger partial charge in [0.05, 0.1) is 13.5 Å². The van der Waals surface area contributed by atoms with E-state index in [0.29, 0.717) is 13.1 Å². The van der Waals surface area contributed by atoms with E-state index in [1.807, 2.05) is 61.5 Å². The van der Waals surface area contributed by atoms with Crippen molar-refractivity contribution in [3.63, 3.8) is 0 Å². The molecule has 5 heteroatoms. The fourth-order valence-electron chi connectivity index (χ4n) is 2.70. The molecule has 5 nitrogen and oxygen atoms in total. The number of amides is 2. The molecule has 2 aromatic carbocycles. The highest BCUT2D eigenvalue weighted by Crippen LogP contribution is 2.15. The normalized spacial score (nSPS) is 11.5. The molecule has 1 N–H and O–H groups in total. The predicted octanol–water partition coefficient (Wildman–Crippen LogP) is 2.79. The van der Waals surface area contributed by atoms with Gasteiger partial charge in [0.2, 0.25) is 11.8 Å². The van der Waals surface area contributed by atoms with Gasteiger partial charge in [-0.2, -0.15) is 0 Å². The van der Waals surface area contributed by atoms with E-state index in [0.717, 1.165) is 16.9 Å². The molecule has 0 aliphatic heterocycles. The van der Waals surface area contributed by atoms with E-state index >= 15 is 0 Å². The minimum Gasteiger partial charge on any atom is -0.497 e. The van der Waals surface area contributed by atoms with Crippen molar-refractivity contribution in [2.24, 2.45) is 0 Å². The number of hydrogen-bond donors (Lipinski definition) is 1. The number of hydrogen-bond acceptors (Lipinski definition) is 3. The first-order valence-corrected chi connectivity index (χ1v) is 8.79. The van der Waals surface area contributed by atoms with Crippen LogP contribution in [-0.4, -0.2) is 36.4 Å². The third-order valence-corrected chi connectivity index (χ3v) is 4.23. The lowest BCUT2D eigenvalue weighted by atomic mass is 10.1. The Morgan fingerprint density at radius 1 is 1.04 bits per heavy atom. The van der Waals surface area contributed by atoms with Crippen LogP contribution in [0.2, 0.25) is 0 Å². The number of nitrogens with one attached hydrogen (secondary N) is 1. The molecule has 2 amide bonds. The van der Waals surface area contributed by atoms with Crippen molar-refractivity contribution >= 4 is 11.8 Å². The van der Waals surface area contributed by atoms with Gasteiger partial charge in [-0.3, -0.25) is 9.59 Å². The molecule has 1 atom stereocenters. The Bertz CT molecular complexity index is 714. The zero-order valence-electron chi connectivity index (χ0n) is 15.6. The number of carbonyl (C=O) groups is 2. The molecule has 0 aliphatic rings. The minimum atomic E-state index is -0.541. The number of nitrogens with zero attached hydrogens (tertiary/aromatic N) is 1. The Hall–Kier alpha value is -2.82. The SMILES string of the molecule is CCNC(=O)C(C)N(Cc1ccccc1)C(=O)Cc1ccc(OC)cc1. The summed E-state index contributed by atoms with van der Waals surface area (Å²) in [6.45, 7) is 4.56. The van der Waals surface area contributed by atoms with E-state index in [1.54, 1.807) is 18.9 Å². The lowest BCUT2D eigenvalue weighted by Gasteiger charge is -2.28. The van der Waals surface area contributed by atoms with E-state index in [1.165, 1.54) is 0 Å². The number of methoxy groups -OCH3 is 1. The summed E-state index contributed by atoms with van der Waals surface area (Å²) >= 11 is 0. The maximum atomic E-state index is 12.9. The first-order valence-electron chi connectivity index (χ1n) is 8.79. The van der Waals surface area contributed by atoms with Crippen molar-refractivity contribution in [3.8, 4) is 5.75 Å². The first kappa shape index (κ1) is 19.5. The number of likely N-dealkylation sites (N-methyl/N-ethyl adjacent to an activating group) is 1. The first-order chi connectivity index (χ1) is 12.5. The van der Waals surface area contributed by atoms with Crippen LogP contribution in [0.4, 0.5) is 0 Å². The summed E-state index contributed by atoms with van der Waals surface area (Å²) in [7, 11) is 1.61. The summed E-state index contributed by atoms with van der Waals surface area (Å²) < 4.78 is 5.15. The van der Waals surface area contributed by atoms with Gasteiger partial charge in [0.1, 0.15) is 11.8 Å². The molecule has 0 fully saturated rings. The van der Waals surface area contributed by atoms with Gasteiger partial charge < -0.3 is 15.0 Å². The molecule has 2 rings (SSSR count). The molecule has 0 aromatic heterocycles. The second-order valence-corrected chi connectivity index (χ2v) is 6.10. The molecule has 1 unspecified atom stereocenters. The van der Waals surface area contributed by atoms with Crippen molar-refractivity contribution in [1.82, 2.24) is 10.2 Å². The van der Waals surface area contributed by atoms with Gasteiger partial charge in [-0.1, -0.05) is 42.5 Å². The van der Waals surface area contributed by atoms with Gasteiger partial charge in [0.15, 0.2) is 0 Å². The molecule has 0 heterocycles. The monoisotopic (exact) mass is 354 g/mol. The van der Waals surface area contributed by atoms with Crippen LogP contribution in [0.3, 0.4) is 0 Å². The predicted molar refractivity (Wildman–Crippen MR) is 102 cm³/mol. The Morgan fingerprint density at radius 3 is 2.27 bits per heavy atom. The molecular weight excluding hydrogens is 328 g/mol. The summed E-state index contributed by atoms with van der Waals surface area (Å²) in [5.41, 5.74) is 1.88. The number of carbonyl (C=O) groups excluding carboxylic acids is 2. The van der Waals surface area contributed by atoms with Crippen LogP contribution in [0.15, 0.2) is 54.6 Å². The summed E-state index contributed by atoms with van der Waals surface area (Å²) in [4.78, 5) is 26.9. The second kappa shape index (κ2) is 9.61. The van der Waals surface area contributed by atoms with Crippen LogP contribution in [0.25, 0.3) is 0 Å². The zero-order chi connectivity index (χ0) is 18.9. The van der Waals surface area contributed by atoms with Crippen molar-refractivity contribution in [1.29, 1.82) is 0 Å². The van der Waals surface area contributed by atoms with Crippen LogP contribution in [-0.2, 0) is 22.6 Å². The van der Waals surface area contributed by atoms with Gasteiger partial charge in [-0.05, 0) is 37.1 Å². The molecule has 138 valence electrons. The van der Waals surface area contributed by atoms with Gasteiger partial charge >= 0.3 is 0 Å². The van der Waals surface area contributed by atoms with Crippen LogP contribution >= 0.6 is 0 Å². The zero-order valence-corrected chi connectivity index (χ0v) is 15.6. The average Bonchev–Trinajstić information content (AvgIpc) is 2.67. The smallest absolute Gasteiger partial charge is 0.242 e. The van der Waals surface area contributed by atoms with E-state index in [4.69, 9.17) is 4.74 Å². The Kier molecular flexibility index (Phi) is 7.21. The van der Waals surface area contributed by atoms with Gasteiger partial charge in [-0.15, -0.1) is 0 Å². The highest BCUT2D eigenvalue weighted by atomic mass is 16.5. The number of rotatable bonds is 8. The molecule has 0 aliphatic carbocycles. The van der Waals surface area contributed by atoms with Crippen LogP contribution in [0.1, 0.15) is 25.0 Å². The topological polar surface area (TPSA) is 58.6 Å². The van der Waals surface area contributed by atoms with Gasteiger partial charge in [0, 0.05) is 13.1 Å². The quantitative estimate of drug-likeness (QED) is 0.793. The van der Waals surface area contributed by atoms with Crippen molar-refractivity contribution < 1.29 is 14.3 Å². The lowest BCUT2D eigenvalue weighted by Crippen LogP contribution is -2.48. The molecule has 0 saturated heterocycles. The molecule has 0 saturated carbocycles. The van der Waals surface area contributed by atoms with E-state index < -0.39 is 6.04 Å².